The Bertz CT molecular complexity index is 465. The Morgan fingerprint density at radius 1 is 1.21 bits per heavy atom. The van der Waals surface area contributed by atoms with Crippen molar-refractivity contribution in [2.45, 2.75) is 6.92 Å². The van der Waals surface area contributed by atoms with Crippen LogP contribution in [0.4, 0.5) is 0 Å². The van der Waals surface area contributed by atoms with Gasteiger partial charge in [-0.1, -0.05) is 6.58 Å². The van der Waals surface area contributed by atoms with Gasteiger partial charge in [0.25, 0.3) is 5.91 Å². The number of hydrogen-bond donors (Lipinski definition) is 1. The second-order valence-corrected chi connectivity index (χ2v) is 3.87. The zero-order valence-electron chi connectivity index (χ0n) is 11.1. The average Bonchev–Trinajstić information content (AvgIpc) is 2.43. The molecule has 0 radical (unpaired) electrons. The number of rotatable bonds is 6. The van der Waals surface area contributed by atoms with E-state index in [9.17, 15) is 9.59 Å². The standard InChI is InChI=1S/C14H17NO4/c1-10(2)14(17)19-9-8-18-12-6-4-11(5-7-12)13(16)15-3/h4-7H,1,8-9H2,2-3H3,(H,15,16). The molecule has 1 amide bonds. The zero-order valence-corrected chi connectivity index (χ0v) is 11.1. The van der Waals surface area contributed by atoms with Gasteiger partial charge in [-0.3, -0.25) is 4.79 Å². The van der Waals surface area contributed by atoms with E-state index < -0.39 is 5.97 Å². The highest BCUT2D eigenvalue weighted by Gasteiger charge is 2.04. The van der Waals surface area contributed by atoms with Crippen LogP contribution in [0, 0.1) is 0 Å². The normalized spacial score (nSPS) is 9.58. The number of esters is 1. The van der Waals surface area contributed by atoms with E-state index in [1.807, 2.05) is 0 Å². The van der Waals surface area contributed by atoms with E-state index in [1.165, 1.54) is 0 Å². The molecule has 0 saturated carbocycles. The number of ether oxygens (including phenoxy) is 2. The van der Waals surface area contributed by atoms with E-state index in [-0.39, 0.29) is 19.1 Å². The van der Waals surface area contributed by atoms with Crippen LogP contribution in [0.1, 0.15) is 17.3 Å². The molecule has 1 N–H and O–H groups in total. The summed E-state index contributed by atoms with van der Waals surface area (Å²) in [4.78, 5) is 22.4. The number of hydrogen-bond acceptors (Lipinski definition) is 4. The predicted molar refractivity (Wildman–Crippen MR) is 71.1 cm³/mol. The lowest BCUT2D eigenvalue weighted by Gasteiger charge is -2.07. The summed E-state index contributed by atoms with van der Waals surface area (Å²) in [5, 5.41) is 2.53. The zero-order chi connectivity index (χ0) is 14.3. The first kappa shape index (κ1) is 14.8. The summed E-state index contributed by atoms with van der Waals surface area (Å²) in [5.74, 6) is 0.0273. The predicted octanol–water partition coefficient (Wildman–Crippen LogP) is 1.54. The third kappa shape index (κ3) is 4.83. The molecular weight excluding hydrogens is 246 g/mol. The van der Waals surface area contributed by atoms with Crippen LogP contribution in [0.2, 0.25) is 0 Å². The third-order valence-electron chi connectivity index (χ3n) is 2.28. The van der Waals surface area contributed by atoms with Crippen molar-refractivity contribution in [2.75, 3.05) is 20.3 Å². The van der Waals surface area contributed by atoms with Crippen LogP contribution in [0.15, 0.2) is 36.4 Å². The summed E-state index contributed by atoms with van der Waals surface area (Å²) >= 11 is 0. The number of amides is 1. The number of nitrogens with one attached hydrogen (secondary N) is 1. The van der Waals surface area contributed by atoms with Crippen molar-refractivity contribution in [1.29, 1.82) is 0 Å². The van der Waals surface area contributed by atoms with Gasteiger partial charge in [0.15, 0.2) is 0 Å². The van der Waals surface area contributed by atoms with Gasteiger partial charge in [-0.15, -0.1) is 0 Å². The van der Waals surface area contributed by atoms with Gasteiger partial charge in [0.2, 0.25) is 0 Å². The van der Waals surface area contributed by atoms with Gasteiger partial charge < -0.3 is 14.8 Å². The van der Waals surface area contributed by atoms with Crippen molar-refractivity contribution in [3.8, 4) is 5.75 Å². The Kier molecular flexibility index (Phi) is 5.60. The lowest BCUT2D eigenvalue weighted by molar-refractivity contribution is -0.139. The summed E-state index contributed by atoms with van der Waals surface area (Å²) < 4.78 is 10.2. The van der Waals surface area contributed by atoms with Crippen LogP contribution in [-0.2, 0) is 9.53 Å². The Morgan fingerprint density at radius 2 is 1.84 bits per heavy atom. The molecule has 5 heteroatoms. The maximum Gasteiger partial charge on any atom is 0.333 e. The molecule has 0 heterocycles. The highest BCUT2D eigenvalue weighted by molar-refractivity contribution is 5.94. The number of benzene rings is 1. The highest BCUT2D eigenvalue weighted by atomic mass is 16.6. The summed E-state index contributed by atoms with van der Waals surface area (Å²) in [5.41, 5.74) is 0.915. The molecule has 102 valence electrons. The molecule has 19 heavy (non-hydrogen) atoms. The second-order valence-electron chi connectivity index (χ2n) is 3.87. The molecule has 0 unspecified atom stereocenters. The van der Waals surface area contributed by atoms with E-state index in [0.29, 0.717) is 16.9 Å². The molecule has 1 aromatic rings. The fourth-order valence-corrected chi connectivity index (χ4v) is 1.26. The highest BCUT2D eigenvalue weighted by Crippen LogP contribution is 2.12. The largest absolute Gasteiger partial charge is 0.490 e. The molecule has 0 aliphatic carbocycles. The van der Waals surface area contributed by atoms with Crippen molar-refractivity contribution in [2.24, 2.45) is 0 Å². The first-order chi connectivity index (χ1) is 9.04. The molecule has 0 atom stereocenters. The van der Waals surface area contributed by atoms with Gasteiger partial charge >= 0.3 is 5.97 Å². The van der Waals surface area contributed by atoms with E-state index in [0.717, 1.165) is 0 Å². The van der Waals surface area contributed by atoms with Crippen molar-refractivity contribution in [3.63, 3.8) is 0 Å². The monoisotopic (exact) mass is 263 g/mol. The molecule has 0 aromatic heterocycles. The van der Waals surface area contributed by atoms with E-state index >= 15 is 0 Å². The van der Waals surface area contributed by atoms with Gasteiger partial charge in [0.1, 0.15) is 19.0 Å². The van der Waals surface area contributed by atoms with Crippen LogP contribution in [0.3, 0.4) is 0 Å². The average molecular weight is 263 g/mol. The van der Waals surface area contributed by atoms with Crippen LogP contribution in [0.25, 0.3) is 0 Å². The summed E-state index contributed by atoms with van der Waals surface area (Å²) in [7, 11) is 1.57. The first-order valence-corrected chi connectivity index (χ1v) is 5.82. The molecular formula is C14H17NO4. The van der Waals surface area contributed by atoms with E-state index in [1.54, 1.807) is 38.2 Å². The Labute approximate surface area is 112 Å². The Morgan fingerprint density at radius 3 is 2.37 bits per heavy atom. The summed E-state index contributed by atoms with van der Waals surface area (Å²) in [6.07, 6.45) is 0. The maximum absolute atomic E-state index is 11.3. The van der Waals surface area contributed by atoms with Crippen molar-refractivity contribution in [3.05, 3.63) is 42.0 Å². The molecule has 1 aromatic carbocycles. The van der Waals surface area contributed by atoms with Crippen molar-refractivity contribution < 1.29 is 19.1 Å². The van der Waals surface area contributed by atoms with Gasteiger partial charge in [-0.25, -0.2) is 4.79 Å². The van der Waals surface area contributed by atoms with Crippen LogP contribution >= 0.6 is 0 Å². The van der Waals surface area contributed by atoms with E-state index in [2.05, 4.69) is 11.9 Å². The number of carbonyl (C=O) groups excluding carboxylic acids is 2. The minimum Gasteiger partial charge on any atom is -0.490 e. The topological polar surface area (TPSA) is 64.6 Å². The van der Waals surface area contributed by atoms with Gasteiger partial charge in [-0.2, -0.15) is 0 Å². The lowest BCUT2D eigenvalue weighted by atomic mass is 10.2. The van der Waals surface area contributed by atoms with Crippen molar-refractivity contribution >= 4 is 11.9 Å². The van der Waals surface area contributed by atoms with Crippen LogP contribution in [0.5, 0.6) is 5.75 Å². The van der Waals surface area contributed by atoms with Gasteiger partial charge in [0.05, 0.1) is 0 Å². The molecule has 1 rings (SSSR count). The molecule has 0 saturated heterocycles. The molecule has 0 aliphatic rings. The molecule has 0 aliphatic heterocycles. The van der Waals surface area contributed by atoms with Crippen LogP contribution < -0.4 is 10.1 Å². The molecule has 0 fully saturated rings. The number of carbonyl (C=O) groups is 2. The van der Waals surface area contributed by atoms with Gasteiger partial charge in [-0.05, 0) is 31.2 Å². The molecule has 0 bridgehead atoms. The second kappa shape index (κ2) is 7.20. The Hall–Kier alpha value is -2.30. The maximum atomic E-state index is 11.3. The molecule has 0 spiro atoms. The quantitative estimate of drug-likeness (QED) is 0.480. The van der Waals surface area contributed by atoms with Gasteiger partial charge in [0, 0.05) is 18.2 Å². The Balaban J connectivity index is 2.36. The molecule has 5 nitrogen and oxygen atoms in total. The fraction of sp³-hybridized carbons (Fsp3) is 0.286. The minimum absolute atomic E-state index is 0.151. The lowest BCUT2D eigenvalue weighted by Crippen LogP contribution is -2.17. The summed E-state index contributed by atoms with van der Waals surface area (Å²) in [6.45, 7) is 5.46. The SMILES string of the molecule is C=C(C)C(=O)OCCOc1ccc(C(=O)NC)cc1. The van der Waals surface area contributed by atoms with Crippen LogP contribution in [-0.4, -0.2) is 32.1 Å². The smallest absolute Gasteiger partial charge is 0.333 e. The summed E-state index contributed by atoms with van der Waals surface area (Å²) in [6, 6.07) is 6.69. The fourth-order valence-electron chi connectivity index (χ4n) is 1.26. The third-order valence-corrected chi connectivity index (χ3v) is 2.28. The first-order valence-electron chi connectivity index (χ1n) is 5.82. The van der Waals surface area contributed by atoms with E-state index in [4.69, 9.17) is 9.47 Å². The van der Waals surface area contributed by atoms with Crippen molar-refractivity contribution in [1.82, 2.24) is 5.32 Å². The minimum atomic E-state index is -0.432.